The Labute approximate surface area is 61.5 Å². The van der Waals surface area contributed by atoms with Gasteiger partial charge in [0.05, 0.1) is 12.4 Å². The van der Waals surface area contributed by atoms with E-state index in [4.69, 9.17) is 10.2 Å². The van der Waals surface area contributed by atoms with Crippen molar-refractivity contribution in [1.29, 1.82) is 0 Å². The van der Waals surface area contributed by atoms with Gasteiger partial charge in [0.25, 0.3) is 0 Å². The second-order valence-electron chi connectivity index (χ2n) is 1.78. The maximum atomic E-state index is 10.3. The molecule has 0 saturated carbocycles. The molecule has 0 spiro atoms. The molecule has 0 saturated heterocycles. The van der Waals surface area contributed by atoms with E-state index in [1.165, 1.54) is 0 Å². The number of hydrogen-bond donors (Lipinski definition) is 3. The minimum absolute atomic E-state index is 0.104. The lowest BCUT2D eigenvalue weighted by molar-refractivity contribution is -0.136. The van der Waals surface area contributed by atoms with Crippen molar-refractivity contribution in [3.8, 4) is 0 Å². The van der Waals surface area contributed by atoms with Crippen LogP contribution in [0.3, 0.4) is 0 Å². The number of aliphatic hydroxyl groups excluding tert-OH is 1. The molecule has 0 radical (unpaired) electrons. The molecule has 0 aliphatic heterocycles. The van der Waals surface area contributed by atoms with Gasteiger partial charge in [-0.05, 0) is 15.2 Å². The number of aliphatic carboxylic acids is 1. The second-order valence-corrected chi connectivity index (χ2v) is 3.12. The van der Waals surface area contributed by atoms with E-state index < -0.39 is 5.97 Å². The molecule has 0 aromatic rings. The number of carboxylic acid groups (broad SMARTS) is 1. The summed E-state index contributed by atoms with van der Waals surface area (Å²) in [5.41, 5.74) is -0.354. The largest absolute Gasteiger partial charge is 0.481 e. The molecule has 0 aliphatic carbocycles. The highest BCUT2D eigenvalue weighted by Crippen LogP contribution is 2.16. The van der Waals surface area contributed by atoms with Crippen LogP contribution in [0, 0.1) is 0 Å². The lowest BCUT2D eigenvalue weighted by atomic mass is 10.3. The fourth-order valence-corrected chi connectivity index (χ4v) is 1.17. The lowest BCUT2D eigenvalue weighted by Gasteiger charge is -2.08. The molecule has 0 fully saturated rings. The molecular weight excluding hydrogens is 153 g/mol. The Morgan fingerprint density at radius 1 is 1.80 bits per heavy atom. The summed E-state index contributed by atoms with van der Waals surface area (Å²) in [6.07, 6.45) is 0.598. The second kappa shape index (κ2) is 5.59. The van der Waals surface area contributed by atoms with E-state index in [2.05, 4.69) is 5.09 Å². The molecule has 4 nitrogen and oxygen atoms in total. The Hall–Kier alpha value is -0.180. The molecule has 0 aromatic carbocycles. The zero-order valence-electron chi connectivity index (χ0n) is 5.79. The fourth-order valence-electron chi connectivity index (χ4n) is 0.507. The lowest BCUT2D eigenvalue weighted by Crippen LogP contribution is -2.18. The normalized spacial score (nSPS) is 14.2. The molecule has 0 heterocycles. The van der Waals surface area contributed by atoms with Gasteiger partial charge in [-0.2, -0.15) is 0 Å². The highest BCUT2D eigenvalue weighted by molar-refractivity contribution is 7.37. The third kappa shape index (κ3) is 3.77. The Balaban J connectivity index is 3.50. The van der Waals surface area contributed by atoms with Crippen molar-refractivity contribution in [3.05, 3.63) is 0 Å². The minimum Gasteiger partial charge on any atom is -0.481 e. The first-order valence-corrected chi connectivity index (χ1v) is 4.12. The summed E-state index contributed by atoms with van der Waals surface area (Å²) >= 11 is 0. The van der Waals surface area contributed by atoms with Gasteiger partial charge in [0.2, 0.25) is 0 Å². The average molecular weight is 165 g/mol. The van der Waals surface area contributed by atoms with E-state index in [1.54, 1.807) is 0 Å². The first kappa shape index (κ1) is 9.82. The molecule has 2 atom stereocenters. The topological polar surface area (TPSA) is 69.6 Å². The monoisotopic (exact) mass is 165 g/mol. The first-order chi connectivity index (χ1) is 4.72. The molecular formula is C5H12NO3P. The highest BCUT2D eigenvalue weighted by Gasteiger charge is 2.13. The van der Waals surface area contributed by atoms with E-state index in [0.717, 1.165) is 0 Å². The molecule has 5 heteroatoms. The summed E-state index contributed by atoms with van der Waals surface area (Å²) in [6, 6.07) is 0. The maximum absolute atomic E-state index is 10.3. The smallest absolute Gasteiger partial charge is 0.311 e. The zero-order chi connectivity index (χ0) is 7.98. The highest BCUT2D eigenvalue weighted by atomic mass is 31.1. The molecule has 0 aliphatic rings. The summed E-state index contributed by atoms with van der Waals surface area (Å²) in [4.78, 5) is 10.3. The number of nitrogens with one attached hydrogen (secondary N) is 1. The van der Waals surface area contributed by atoms with Gasteiger partial charge in [0, 0.05) is 0 Å². The number of hydrogen-bond acceptors (Lipinski definition) is 3. The Morgan fingerprint density at radius 3 is 2.70 bits per heavy atom. The quantitative estimate of drug-likeness (QED) is 0.395. The molecule has 0 bridgehead atoms. The van der Waals surface area contributed by atoms with Gasteiger partial charge in [-0.3, -0.25) is 9.88 Å². The van der Waals surface area contributed by atoms with E-state index in [0.29, 0.717) is 6.42 Å². The van der Waals surface area contributed by atoms with Crippen LogP contribution in [0.1, 0.15) is 13.3 Å². The van der Waals surface area contributed by atoms with Crippen molar-refractivity contribution in [1.82, 2.24) is 5.09 Å². The van der Waals surface area contributed by atoms with Crippen LogP contribution in [0.4, 0.5) is 0 Å². The maximum Gasteiger partial charge on any atom is 0.311 e. The molecule has 0 amide bonds. The predicted molar refractivity (Wildman–Crippen MR) is 40.3 cm³/mol. The van der Waals surface area contributed by atoms with Crippen molar-refractivity contribution in [2.75, 3.05) is 6.73 Å². The molecule has 0 rings (SSSR count). The van der Waals surface area contributed by atoms with Gasteiger partial charge >= 0.3 is 5.97 Å². The number of carbonyl (C=O) groups is 1. The van der Waals surface area contributed by atoms with Crippen molar-refractivity contribution in [2.45, 2.75) is 19.0 Å². The van der Waals surface area contributed by atoms with Crippen LogP contribution in [-0.2, 0) is 4.79 Å². The Morgan fingerprint density at radius 2 is 2.40 bits per heavy atom. The van der Waals surface area contributed by atoms with Crippen molar-refractivity contribution in [2.24, 2.45) is 0 Å². The number of rotatable bonds is 5. The summed E-state index contributed by atoms with van der Waals surface area (Å²) < 4.78 is 0. The standard InChI is InChI=1S/C5H12NO3P/c1-2-4(5(8)9)10-6-3-7/h4,6-7,10H,2-3H2,1H3,(H,8,9). The summed E-state index contributed by atoms with van der Waals surface area (Å²) in [7, 11) is 0.104. The predicted octanol–water partition coefficient (Wildman–Crippen LogP) is -0.0175. The SMILES string of the molecule is CCC(PNCO)C(=O)O. The number of aliphatic hydroxyl groups is 1. The molecule has 0 aromatic heterocycles. The van der Waals surface area contributed by atoms with E-state index in [9.17, 15) is 4.79 Å². The van der Waals surface area contributed by atoms with E-state index >= 15 is 0 Å². The van der Waals surface area contributed by atoms with Crippen LogP contribution in [0.5, 0.6) is 0 Å². The van der Waals surface area contributed by atoms with E-state index in [1.807, 2.05) is 6.92 Å². The van der Waals surface area contributed by atoms with Gasteiger partial charge in [-0.15, -0.1) is 0 Å². The summed E-state index contributed by atoms with van der Waals surface area (Å²) in [5.74, 6) is -0.804. The van der Waals surface area contributed by atoms with Crippen molar-refractivity contribution < 1.29 is 15.0 Å². The fraction of sp³-hybridized carbons (Fsp3) is 0.800. The summed E-state index contributed by atoms with van der Waals surface area (Å²) in [6.45, 7) is 1.66. The first-order valence-electron chi connectivity index (χ1n) is 3.04. The van der Waals surface area contributed by atoms with Crippen LogP contribution < -0.4 is 5.09 Å². The molecule has 10 heavy (non-hydrogen) atoms. The third-order valence-corrected chi connectivity index (χ3v) is 2.43. The van der Waals surface area contributed by atoms with Crippen LogP contribution >= 0.6 is 8.73 Å². The molecule has 2 unspecified atom stereocenters. The summed E-state index contributed by atoms with van der Waals surface area (Å²) in [5, 5.41) is 19.4. The van der Waals surface area contributed by atoms with Gasteiger partial charge in [0.15, 0.2) is 0 Å². The van der Waals surface area contributed by atoms with Crippen LogP contribution in [0.25, 0.3) is 0 Å². The van der Waals surface area contributed by atoms with Crippen LogP contribution in [0.2, 0.25) is 0 Å². The third-order valence-electron chi connectivity index (χ3n) is 1.06. The number of carboxylic acids is 1. The van der Waals surface area contributed by atoms with Crippen molar-refractivity contribution in [3.63, 3.8) is 0 Å². The average Bonchev–Trinajstić information content (AvgIpc) is 1.89. The van der Waals surface area contributed by atoms with E-state index in [-0.39, 0.29) is 21.1 Å². The van der Waals surface area contributed by atoms with Crippen molar-refractivity contribution >= 4 is 14.7 Å². The van der Waals surface area contributed by atoms with Crippen LogP contribution in [0.15, 0.2) is 0 Å². The minimum atomic E-state index is -0.804. The zero-order valence-corrected chi connectivity index (χ0v) is 6.79. The van der Waals surface area contributed by atoms with Gasteiger partial charge < -0.3 is 10.2 Å². The molecule has 60 valence electrons. The van der Waals surface area contributed by atoms with Gasteiger partial charge in [0.1, 0.15) is 0 Å². The van der Waals surface area contributed by atoms with Gasteiger partial charge in [-0.25, -0.2) is 0 Å². The van der Waals surface area contributed by atoms with Crippen LogP contribution in [-0.4, -0.2) is 28.6 Å². The Kier molecular flexibility index (Phi) is 5.49. The Bertz CT molecular complexity index is 109. The molecule has 3 N–H and O–H groups in total. The van der Waals surface area contributed by atoms with Gasteiger partial charge in [-0.1, -0.05) is 6.92 Å².